The second kappa shape index (κ2) is 4.92. The Morgan fingerprint density at radius 3 is 2.74 bits per heavy atom. The molecular formula is C16H17NO2. The van der Waals surface area contributed by atoms with Crippen LogP contribution in [-0.2, 0) is 4.79 Å². The molecule has 1 aromatic carbocycles. The molecule has 1 aromatic rings. The number of carbonyl (C=O) groups is 1. The Kier molecular flexibility index (Phi) is 3.11. The molecule has 3 rings (SSSR count). The molecule has 98 valence electrons. The number of rotatable bonds is 2. The van der Waals surface area contributed by atoms with E-state index in [4.69, 9.17) is 0 Å². The van der Waals surface area contributed by atoms with Crippen LogP contribution in [0, 0.1) is 0 Å². The van der Waals surface area contributed by atoms with E-state index in [0.29, 0.717) is 5.70 Å². The van der Waals surface area contributed by atoms with Crippen LogP contribution in [0.2, 0.25) is 0 Å². The Hall–Kier alpha value is -2.03. The second-order valence-corrected chi connectivity index (χ2v) is 5.05. The van der Waals surface area contributed by atoms with E-state index in [0.717, 1.165) is 30.5 Å². The summed E-state index contributed by atoms with van der Waals surface area (Å²) < 4.78 is 0. The van der Waals surface area contributed by atoms with E-state index in [1.165, 1.54) is 6.42 Å². The normalized spacial score (nSPS) is 22.3. The highest BCUT2D eigenvalue weighted by atomic mass is 16.4. The molecule has 1 unspecified atom stereocenters. The highest BCUT2D eigenvalue weighted by Crippen LogP contribution is 2.33. The van der Waals surface area contributed by atoms with Gasteiger partial charge in [-0.05, 0) is 24.8 Å². The summed E-state index contributed by atoms with van der Waals surface area (Å²) >= 11 is 0. The van der Waals surface area contributed by atoms with Crippen LogP contribution >= 0.6 is 0 Å². The highest BCUT2D eigenvalue weighted by Gasteiger charge is 2.31. The Morgan fingerprint density at radius 2 is 2.00 bits per heavy atom. The van der Waals surface area contributed by atoms with Crippen LogP contribution in [0.4, 0.5) is 0 Å². The summed E-state index contributed by atoms with van der Waals surface area (Å²) in [5, 5.41) is 9.58. The predicted molar refractivity (Wildman–Crippen MR) is 74.5 cm³/mol. The van der Waals surface area contributed by atoms with Gasteiger partial charge in [-0.3, -0.25) is 0 Å². The molecule has 1 N–H and O–H groups in total. The average molecular weight is 255 g/mol. The minimum atomic E-state index is -0.824. The Morgan fingerprint density at radius 1 is 1.21 bits per heavy atom. The molecule has 1 fully saturated rings. The molecule has 3 nitrogen and oxygen atoms in total. The van der Waals surface area contributed by atoms with Gasteiger partial charge in [0.15, 0.2) is 0 Å². The Bertz CT molecular complexity index is 545. The predicted octanol–water partition coefficient (Wildman–Crippen LogP) is 2.91. The van der Waals surface area contributed by atoms with Gasteiger partial charge in [-0.2, -0.15) is 0 Å². The van der Waals surface area contributed by atoms with Crippen LogP contribution in [0.5, 0.6) is 0 Å². The summed E-state index contributed by atoms with van der Waals surface area (Å²) in [5.74, 6) is -0.824. The molecule has 1 saturated heterocycles. The summed E-state index contributed by atoms with van der Waals surface area (Å²) in [4.78, 5) is 13.7. The molecule has 0 aliphatic carbocycles. The lowest BCUT2D eigenvalue weighted by Gasteiger charge is -2.39. The summed E-state index contributed by atoms with van der Waals surface area (Å²) in [5.41, 5.74) is 2.25. The van der Waals surface area contributed by atoms with Crippen molar-refractivity contribution in [2.24, 2.45) is 0 Å². The maximum atomic E-state index is 11.7. The number of hydrogen-bond donors (Lipinski definition) is 1. The molecule has 3 heteroatoms. The summed E-state index contributed by atoms with van der Waals surface area (Å²) in [6, 6.07) is 10.0. The lowest BCUT2D eigenvalue weighted by atomic mass is 9.92. The number of aliphatic carboxylic acids is 1. The van der Waals surface area contributed by atoms with Gasteiger partial charge in [0, 0.05) is 18.2 Å². The molecule has 2 aliphatic rings. The zero-order valence-electron chi connectivity index (χ0n) is 10.7. The molecule has 0 aromatic heterocycles. The second-order valence-electron chi connectivity index (χ2n) is 5.05. The first kappa shape index (κ1) is 12.0. The molecule has 0 radical (unpaired) electrons. The van der Waals surface area contributed by atoms with E-state index in [-0.39, 0.29) is 6.04 Å². The third kappa shape index (κ3) is 2.16. The number of carboxylic acids is 1. The number of allylic oxidation sites excluding steroid dienone is 2. The third-order valence-electron chi connectivity index (χ3n) is 3.86. The van der Waals surface area contributed by atoms with E-state index in [1.807, 2.05) is 41.3 Å². The van der Waals surface area contributed by atoms with Crippen molar-refractivity contribution < 1.29 is 9.90 Å². The van der Waals surface area contributed by atoms with Gasteiger partial charge >= 0.3 is 5.97 Å². The smallest absolute Gasteiger partial charge is 0.352 e. The minimum absolute atomic E-state index is 0.257. The van der Waals surface area contributed by atoms with Gasteiger partial charge in [-0.25, -0.2) is 4.79 Å². The van der Waals surface area contributed by atoms with Crippen LogP contribution in [0.15, 0.2) is 48.2 Å². The van der Waals surface area contributed by atoms with Crippen molar-refractivity contribution in [1.82, 2.24) is 4.90 Å². The lowest BCUT2D eigenvalue weighted by Crippen LogP contribution is -2.41. The zero-order chi connectivity index (χ0) is 13.2. The fourth-order valence-electron chi connectivity index (χ4n) is 2.96. The van der Waals surface area contributed by atoms with Crippen LogP contribution in [0.1, 0.15) is 24.8 Å². The van der Waals surface area contributed by atoms with Crippen molar-refractivity contribution in [2.45, 2.75) is 25.3 Å². The number of hydrogen-bond acceptors (Lipinski definition) is 2. The standard InChI is InChI=1S/C16H17NO2/c18-16(19)15-14(12-6-2-1-3-7-12)10-9-13-8-4-5-11-17(13)15/h1-3,6-7,9-10,13H,4-5,8,11H2,(H,18,19). The van der Waals surface area contributed by atoms with E-state index < -0.39 is 5.97 Å². The average Bonchev–Trinajstić information content (AvgIpc) is 2.46. The molecule has 2 heterocycles. The van der Waals surface area contributed by atoms with Gasteiger partial charge in [0.1, 0.15) is 5.70 Å². The van der Waals surface area contributed by atoms with Crippen molar-refractivity contribution in [3.05, 3.63) is 53.7 Å². The highest BCUT2D eigenvalue weighted by molar-refractivity contribution is 5.99. The summed E-state index contributed by atoms with van der Waals surface area (Å²) in [6.45, 7) is 0.840. The Balaban J connectivity index is 2.08. The van der Waals surface area contributed by atoms with Gasteiger partial charge in [0.25, 0.3) is 0 Å². The minimum Gasteiger partial charge on any atom is -0.477 e. The quantitative estimate of drug-likeness (QED) is 0.883. The number of fused-ring (bicyclic) bond motifs is 1. The lowest BCUT2D eigenvalue weighted by molar-refractivity contribution is -0.134. The fourth-order valence-corrected chi connectivity index (χ4v) is 2.96. The number of carboxylic acid groups (broad SMARTS) is 1. The molecule has 1 atom stereocenters. The molecular weight excluding hydrogens is 238 g/mol. The SMILES string of the molecule is O=C(O)C1=C(c2ccccc2)C=CC2CCCCN12. The Labute approximate surface area is 112 Å². The van der Waals surface area contributed by atoms with Gasteiger partial charge < -0.3 is 10.0 Å². The first-order valence-electron chi connectivity index (χ1n) is 6.75. The largest absolute Gasteiger partial charge is 0.477 e. The van der Waals surface area contributed by atoms with Gasteiger partial charge in [-0.15, -0.1) is 0 Å². The monoisotopic (exact) mass is 255 g/mol. The van der Waals surface area contributed by atoms with Crippen molar-refractivity contribution in [1.29, 1.82) is 0 Å². The molecule has 0 saturated carbocycles. The van der Waals surface area contributed by atoms with Crippen molar-refractivity contribution in [2.75, 3.05) is 6.54 Å². The topological polar surface area (TPSA) is 40.5 Å². The van der Waals surface area contributed by atoms with Crippen LogP contribution in [-0.4, -0.2) is 28.6 Å². The number of nitrogens with zero attached hydrogens (tertiary/aromatic N) is 1. The number of piperidine rings is 1. The van der Waals surface area contributed by atoms with Crippen LogP contribution in [0.25, 0.3) is 5.57 Å². The van der Waals surface area contributed by atoms with E-state index in [9.17, 15) is 9.90 Å². The fraction of sp³-hybridized carbons (Fsp3) is 0.312. The molecule has 19 heavy (non-hydrogen) atoms. The maximum absolute atomic E-state index is 11.7. The zero-order valence-corrected chi connectivity index (χ0v) is 10.7. The molecule has 0 spiro atoms. The van der Waals surface area contributed by atoms with E-state index in [1.54, 1.807) is 0 Å². The van der Waals surface area contributed by atoms with E-state index >= 15 is 0 Å². The summed E-state index contributed by atoms with van der Waals surface area (Å²) in [6.07, 6.45) is 7.43. The van der Waals surface area contributed by atoms with Gasteiger partial charge in [0.2, 0.25) is 0 Å². The first-order chi connectivity index (χ1) is 9.27. The molecule has 0 bridgehead atoms. The van der Waals surface area contributed by atoms with Crippen molar-refractivity contribution in [3.63, 3.8) is 0 Å². The third-order valence-corrected chi connectivity index (χ3v) is 3.86. The van der Waals surface area contributed by atoms with Gasteiger partial charge in [-0.1, -0.05) is 42.5 Å². The first-order valence-corrected chi connectivity index (χ1v) is 6.75. The number of benzene rings is 1. The van der Waals surface area contributed by atoms with E-state index in [2.05, 4.69) is 6.08 Å². The van der Waals surface area contributed by atoms with Crippen LogP contribution < -0.4 is 0 Å². The summed E-state index contributed by atoms with van der Waals surface area (Å²) in [7, 11) is 0. The molecule has 0 amide bonds. The van der Waals surface area contributed by atoms with Gasteiger partial charge in [0.05, 0.1) is 0 Å². The molecule has 2 aliphatic heterocycles. The van der Waals surface area contributed by atoms with Crippen LogP contribution in [0.3, 0.4) is 0 Å². The maximum Gasteiger partial charge on any atom is 0.352 e. The van der Waals surface area contributed by atoms with Crippen molar-refractivity contribution in [3.8, 4) is 0 Å². The van der Waals surface area contributed by atoms with Crippen molar-refractivity contribution >= 4 is 11.5 Å².